The van der Waals surface area contributed by atoms with Crippen molar-refractivity contribution in [1.29, 1.82) is 0 Å². The van der Waals surface area contributed by atoms with E-state index in [2.05, 4.69) is 17.2 Å². The molecule has 0 unspecified atom stereocenters. The fraction of sp³-hybridized carbons (Fsp3) is 0.238. The van der Waals surface area contributed by atoms with Crippen LogP contribution in [-0.4, -0.2) is 35.3 Å². The molecule has 1 aliphatic heterocycles. The van der Waals surface area contributed by atoms with E-state index in [9.17, 15) is 9.90 Å². The van der Waals surface area contributed by atoms with Crippen LogP contribution in [0.5, 0.6) is 5.75 Å². The molecule has 30 heavy (non-hydrogen) atoms. The number of hydrogen-bond acceptors (Lipinski definition) is 6. The molecule has 0 radical (unpaired) electrons. The topological polar surface area (TPSA) is 74.7 Å². The maximum absolute atomic E-state index is 13.0. The Morgan fingerprint density at radius 1 is 1.33 bits per heavy atom. The number of carbonyl (C=O) groups is 1. The van der Waals surface area contributed by atoms with Gasteiger partial charge in [-0.05, 0) is 36.8 Å². The summed E-state index contributed by atoms with van der Waals surface area (Å²) in [5.74, 6) is 0.119. The maximum Gasteiger partial charge on any atom is 0.259 e. The van der Waals surface area contributed by atoms with E-state index >= 15 is 0 Å². The summed E-state index contributed by atoms with van der Waals surface area (Å²) in [6.45, 7) is 2.21. The van der Waals surface area contributed by atoms with Crippen molar-refractivity contribution >= 4 is 57.0 Å². The van der Waals surface area contributed by atoms with Gasteiger partial charge in [-0.25, -0.2) is 4.98 Å². The first-order valence-electron chi connectivity index (χ1n) is 9.38. The molecule has 2 heterocycles. The predicted molar refractivity (Wildman–Crippen MR) is 121 cm³/mol. The predicted octanol–water partition coefficient (Wildman–Crippen LogP) is 5.16. The molecule has 3 aromatic rings. The first-order chi connectivity index (χ1) is 14.5. The average molecular weight is 464 g/mol. The number of aryl methyl sites for hydroxylation is 1. The number of para-hydroxylation sites is 1. The van der Waals surface area contributed by atoms with Crippen molar-refractivity contribution < 1.29 is 14.6 Å². The van der Waals surface area contributed by atoms with E-state index in [1.807, 2.05) is 17.2 Å². The lowest BCUT2D eigenvalue weighted by Gasteiger charge is -2.36. The van der Waals surface area contributed by atoms with Crippen LogP contribution in [0, 0.1) is 0 Å². The SMILES string of the molecule is CCc1cnc(N2c3cccc(C(=O)Nc4ccc(Cl)c(Cl)c4)c3OC[C@@H]2CO)s1. The van der Waals surface area contributed by atoms with Crippen molar-refractivity contribution in [2.45, 2.75) is 19.4 Å². The van der Waals surface area contributed by atoms with Gasteiger partial charge in [0.15, 0.2) is 10.9 Å². The van der Waals surface area contributed by atoms with Crippen LogP contribution in [-0.2, 0) is 6.42 Å². The Morgan fingerprint density at radius 3 is 2.87 bits per heavy atom. The number of benzene rings is 2. The first-order valence-corrected chi connectivity index (χ1v) is 11.0. The number of ether oxygens (including phenoxy) is 1. The monoisotopic (exact) mass is 463 g/mol. The summed E-state index contributed by atoms with van der Waals surface area (Å²) in [4.78, 5) is 20.6. The van der Waals surface area contributed by atoms with Crippen LogP contribution < -0.4 is 15.0 Å². The zero-order chi connectivity index (χ0) is 21.3. The minimum atomic E-state index is -0.332. The van der Waals surface area contributed by atoms with E-state index in [4.69, 9.17) is 27.9 Å². The summed E-state index contributed by atoms with van der Waals surface area (Å²) in [6, 6.07) is 9.95. The Kier molecular flexibility index (Phi) is 6.15. The second-order valence-corrected chi connectivity index (χ2v) is 8.62. The van der Waals surface area contributed by atoms with Gasteiger partial charge in [-0.3, -0.25) is 4.79 Å². The number of nitrogens with one attached hydrogen (secondary N) is 1. The molecule has 0 saturated carbocycles. The van der Waals surface area contributed by atoms with E-state index in [0.717, 1.165) is 16.4 Å². The van der Waals surface area contributed by atoms with E-state index in [1.165, 1.54) is 0 Å². The number of nitrogens with zero attached hydrogens (tertiary/aromatic N) is 2. The molecule has 9 heteroatoms. The van der Waals surface area contributed by atoms with Gasteiger partial charge in [-0.2, -0.15) is 0 Å². The number of carbonyl (C=O) groups excluding carboxylic acids is 1. The smallest absolute Gasteiger partial charge is 0.259 e. The van der Waals surface area contributed by atoms with E-state index in [1.54, 1.807) is 41.7 Å². The summed E-state index contributed by atoms with van der Waals surface area (Å²) < 4.78 is 5.91. The molecule has 0 saturated heterocycles. The van der Waals surface area contributed by atoms with E-state index in [-0.39, 0.29) is 25.2 Å². The Bertz CT molecular complexity index is 1090. The molecule has 156 valence electrons. The number of hydrogen-bond donors (Lipinski definition) is 2. The van der Waals surface area contributed by atoms with E-state index in [0.29, 0.717) is 32.7 Å². The number of rotatable bonds is 5. The normalized spacial score (nSPS) is 15.5. The maximum atomic E-state index is 13.0. The Labute approximate surface area is 188 Å². The molecule has 0 fully saturated rings. The number of amides is 1. The third-order valence-electron chi connectivity index (χ3n) is 4.77. The van der Waals surface area contributed by atoms with Crippen LogP contribution in [0.1, 0.15) is 22.2 Å². The summed E-state index contributed by atoms with van der Waals surface area (Å²) in [5, 5.41) is 14.2. The van der Waals surface area contributed by atoms with Crippen molar-refractivity contribution in [2.24, 2.45) is 0 Å². The minimum Gasteiger partial charge on any atom is -0.488 e. The second-order valence-electron chi connectivity index (χ2n) is 6.72. The lowest BCUT2D eigenvalue weighted by atomic mass is 10.1. The molecular formula is C21H19Cl2N3O3S. The van der Waals surface area contributed by atoms with Crippen LogP contribution in [0.2, 0.25) is 10.0 Å². The molecule has 2 N–H and O–H groups in total. The molecule has 2 aromatic carbocycles. The first kappa shape index (κ1) is 20.9. The Hall–Kier alpha value is -2.32. The number of fused-ring (bicyclic) bond motifs is 1. The van der Waals surface area contributed by atoms with Gasteiger partial charge in [-0.15, -0.1) is 11.3 Å². The summed E-state index contributed by atoms with van der Waals surface area (Å²) in [7, 11) is 0. The number of halogens is 2. The summed E-state index contributed by atoms with van der Waals surface area (Å²) >= 11 is 13.6. The van der Waals surface area contributed by atoms with Crippen molar-refractivity contribution in [3.05, 3.63) is 63.1 Å². The third-order valence-corrected chi connectivity index (χ3v) is 6.65. The summed E-state index contributed by atoms with van der Waals surface area (Å²) in [5.41, 5.74) is 1.60. The van der Waals surface area contributed by atoms with Gasteiger partial charge in [0.05, 0.1) is 33.9 Å². The highest BCUT2D eigenvalue weighted by atomic mass is 35.5. The van der Waals surface area contributed by atoms with Gasteiger partial charge in [0.1, 0.15) is 6.61 Å². The van der Waals surface area contributed by atoms with Crippen molar-refractivity contribution in [3.8, 4) is 5.75 Å². The molecule has 0 aliphatic carbocycles. The van der Waals surface area contributed by atoms with Crippen LogP contribution in [0.3, 0.4) is 0 Å². The van der Waals surface area contributed by atoms with Crippen LogP contribution >= 0.6 is 34.5 Å². The largest absolute Gasteiger partial charge is 0.488 e. The van der Waals surface area contributed by atoms with Crippen molar-refractivity contribution in [1.82, 2.24) is 4.98 Å². The zero-order valence-electron chi connectivity index (χ0n) is 16.1. The number of anilines is 3. The third kappa shape index (κ3) is 3.98. The van der Waals surface area contributed by atoms with Crippen molar-refractivity contribution in [3.63, 3.8) is 0 Å². The standard InChI is InChI=1S/C21H19Cl2N3O3S/c1-2-14-9-24-21(30-14)26-13(10-27)11-29-19-15(4-3-5-18(19)26)20(28)25-12-6-7-16(22)17(23)8-12/h3-9,13,27H,2,10-11H2,1H3,(H,25,28)/t13-/m0/s1. The molecule has 0 bridgehead atoms. The molecule has 1 aromatic heterocycles. The molecule has 0 spiro atoms. The van der Waals surface area contributed by atoms with Gasteiger partial charge in [0, 0.05) is 16.8 Å². The molecule has 1 atom stereocenters. The fourth-order valence-electron chi connectivity index (χ4n) is 3.23. The van der Waals surface area contributed by atoms with E-state index < -0.39 is 0 Å². The highest BCUT2D eigenvalue weighted by Gasteiger charge is 2.33. The lowest BCUT2D eigenvalue weighted by Crippen LogP contribution is -2.43. The number of aliphatic hydroxyl groups excluding tert-OH is 1. The van der Waals surface area contributed by atoms with Gasteiger partial charge in [0.2, 0.25) is 0 Å². The quantitative estimate of drug-likeness (QED) is 0.546. The van der Waals surface area contributed by atoms with Crippen molar-refractivity contribution in [2.75, 3.05) is 23.4 Å². The van der Waals surface area contributed by atoms with Crippen LogP contribution in [0.4, 0.5) is 16.5 Å². The molecule has 6 nitrogen and oxygen atoms in total. The lowest BCUT2D eigenvalue weighted by molar-refractivity contribution is 0.102. The van der Waals surface area contributed by atoms with Gasteiger partial charge in [-0.1, -0.05) is 36.2 Å². The fourth-order valence-corrected chi connectivity index (χ4v) is 4.47. The van der Waals surface area contributed by atoms with Gasteiger partial charge >= 0.3 is 0 Å². The van der Waals surface area contributed by atoms with Gasteiger partial charge < -0.3 is 20.1 Å². The minimum absolute atomic E-state index is 0.0970. The van der Waals surface area contributed by atoms with Gasteiger partial charge in [0.25, 0.3) is 5.91 Å². The number of thiazole rings is 1. The zero-order valence-corrected chi connectivity index (χ0v) is 18.4. The Balaban J connectivity index is 1.69. The average Bonchev–Trinajstić information content (AvgIpc) is 3.23. The highest BCUT2D eigenvalue weighted by Crippen LogP contribution is 2.42. The Morgan fingerprint density at radius 2 is 2.17 bits per heavy atom. The molecular weight excluding hydrogens is 445 g/mol. The molecule has 1 amide bonds. The molecule has 4 rings (SSSR count). The molecule has 1 aliphatic rings. The highest BCUT2D eigenvalue weighted by molar-refractivity contribution is 7.15. The number of aliphatic hydroxyl groups is 1. The second kappa shape index (κ2) is 8.81. The van der Waals surface area contributed by atoms with Crippen LogP contribution in [0.15, 0.2) is 42.6 Å². The summed E-state index contributed by atoms with van der Waals surface area (Å²) in [6.07, 6.45) is 2.72. The van der Waals surface area contributed by atoms with Crippen LogP contribution in [0.25, 0.3) is 0 Å². The number of aromatic nitrogens is 1.